The molecule has 0 aromatic carbocycles. The molecule has 1 saturated heterocycles. The summed E-state index contributed by atoms with van der Waals surface area (Å²) in [7, 11) is 0. The molecule has 0 aromatic rings. The highest BCUT2D eigenvalue weighted by Gasteiger charge is 2.61. The summed E-state index contributed by atoms with van der Waals surface area (Å²) in [5.41, 5.74) is 0.635. The molecule has 3 nitrogen and oxygen atoms in total. The molecule has 2 N–H and O–H groups in total. The highest BCUT2D eigenvalue weighted by atomic mass is 16.3. The lowest BCUT2D eigenvalue weighted by Gasteiger charge is -2.61. The van der Waals surface area contributed by atoms with Gasteiger partial charge in [0.1, 0.15) is 0 Å². The van der Waals surface area contributed by atoms with E-state index in [4.69, 9.17) is 0 Å². The molecule has 4 fully saturated rings. The maximum Gasteiger partial charge on any atom is 0.220 e. The lowest BCUT2D eigenvalue weighted by Crippen LogP contribution is -2.62. The molecule has 0 radical (unpaired) electrons. The molecule has 4 rings (SSSR count). The van der Waals surface area contributed by atoms with E-state index < -0.39 is 0 Å². The maximum atomic E-state index is 11.9. The van der Waals surface area contributed by atoms with E-state index in [1.807, 2.05) is 0 Å². The number of carbonyl (C=O) groups is 1. The van der Waals surface area contributed by atoms with Crippen LogP contribution >= 0.6 is 0 Å². The van der Waals surface area contributed by atoms with Crippen LogP contribution in [0.5, 0.6) is 0 Å². The van der Waals surface area contributed by atoms with Crippen molar-refractivity contribution in [3.05, 3.63) is 0 Å². The minimum absolute atomic E-state index is 0.0856. The fourth-order valence-corrected chi connectivity index (χ4v) is 7.07. The topological polar surface area (TPSA) is 49.3 Å². The van der Waals surface area contributed by atoms with Crippen LogP contribution in [-0.4, -0.2) is 23.2 Å². The van der Waals surface area contributed by atoms with Crippen LogP contribution in [0.2, 0.25) is 0 Å². The number of carbonyl (C=O) groups excluding carboxylic acids is 1. The lowest BCUT2D eigenvalue weighted by molar-refractivity contribution is -0.141. The first-order valence-corrected chi connectivity index (χ1v) is 9.31. The van der Waals surface area contributed by atoms with Crippen LogP contribution in [0.4, 0.5) is 0 Å². The largest absolute Gasteiger partial charge is 0.393 e. The van der Waals surface area contributed by atoms with Crippen LogP contribution < -0.4 is 5.32 Å². The van der Waals surface area contributed by atoms with Gasteiger partial charge in [-0.3, -0.25) is 4.79 Å². The van der Waals surface area contributed by atoms with Crippen LogP contribution in [-0.2, 0) is 4.79 Å². The SMILES string of the molecule is CC1CC2NC(=O)CC[C@]2(C)C2CCC3(C)CC(O)CC3C12. The second-order valence-electron chi connectivity index (χ2n) is 9.42. The number of amides is 1. The zero-order valence-corrected chi connectivity index (χ0v) is 14.3. The lowest BCUT2D eigenvalue weighted by atomic mass is 9.45. The third kappa shape index (κ3) is 1.93. The molecule has 7 unspecified atom stereocenters. The zero-order valence-electron chi connectivity index (χ0n) is 14.3. The summed E-state index contributed by atoms with van der Waals surface area (Å²) in [5.74, 6) is 3.07. The van der Waals surface area contributed by atoms with Gasteiger partial charge in [0.15, 0.2) is 0 Å². The van der Waals surface area contributed by atoms with E-state index in [9.17, 15) is 9.90 Å². The Morgan fingerprint density at radius 2 is 1.95 bits per heavy atom. The molecule has 1 aliphatic heterocycles. The molecule has 0 aromatic heterocycles. The summed E-state index contributed by atoms with van der Waals surface area (Å²) >= 11 is 0. The van der Waals surface area contributed by atoms with Gasteiger partial charge < -0.3 is 10.4 Å². The van der Waals surface area contributed by atoms with Gasteiger partial charge >= 0.3 is 0 Å². The molecule has 1 amide bonds. The van der Waals surface area contributed by atoms with Gasteiger partial charge in [0.05, 0.1) is 6.10 Å². The quantitative estimate of drug-likeness (QED) is 0.722. The third-order valence-electron chi connectivity index (χ3n) is 8.21. The van der Waals surface area contributed by atoms with Crippen molar-refractivity contribution in [2.75, 3.05) is 0 Å². The number of nitrogens with one attached hydrogen (secondary N) is 1. The van der Waals surface area contributed by atoms with E-state index in [1.165, 1.54) is 12.8 Å². The average molecular weight is 305 g/mol. The molecule has 22 heavy (non-hydrogen) atoms. The van der Waals surface area contributed by atoms with E-state index in [0.29, 0.717) is 29.7 Å². The Hall–Kier alpha value is -0.570. The summed E-state index contributed by atoms with van der Waals surface area (Å²) < 4.78 is 0. The molecule has 3 saturated carbocycles. The van der Waals surface area contributed by atoms with Crippen molar-refractivity contribution >= 4 is 5.91 Å². The Morgan fingerprint density at radius 1 is 1.18 bits per heavy atom. The minimum Gasteiger partial charge on any atom is -0.393 e. The Morgan fingerprint density at radius 3 is 2.73 bits per heavy atom. The molecule has 0 bridgehead atoms. The number of aliphatic hydroxyl groups excluding tert-OH is 1. The Kier molecular flexibility index (Phi) is 3.21. The Bertz CT molecular complexity index is 492. The van der Waals surface area contributed by atoms with Crippen molar-refractivity contribution in [1.29, 1.82) is 0 Å². The highest BCUT2D eigenvalue weighted by molar-refractivity contribution is 5.77. The van der Waals surface area contributed by atoms with Crippen molar-refractivity contribution in [2.45, 2.75) is 77.9 Å². The van der Waals surface area contributed by atoms with E-state index in [2.05, 4.69) is 26.1 Å². The average Bonchev–Trinajstić information content (AvgIpc) is 2.75. The zero-order chi connectivity index (χ0) is 15.7. The summed E-state index contributed by atoms with van der Waals surface area (Å²) in [6, 6.07) is 0.376. The predicted octanol–water partition coefficient (Wildman–Crippen LogP) is 3.11. The maximum absolute atomic E-state index is 11.9. The molecule has 124 valence electrons. The van der Waals surface area contributed by atoms with Gasteiger partial charge in [-0.25, -0.2) is 0 Å². The summed E-state index contributed by atoms with van der Waals surface area (Å²) in [6.45, 7) is 7.26. The minimum atomic E-state index is -0.0856. The number of aliphatic hydroxyl groups is 1. The summed E-state index contributed by atoms with van der Waals surface area (Å²) in [4.78, 5) is 11.9. The normalized spacial score (nSPS) is 57.5. The fourth-order valence-electron chi connectivity index (χ4n) is 7.07. The first kappa shape index (κ1) is 15.0. The first-order chi connectivity index (χ1) is 10.3. The van der Waals surface area contributed by atoms with Crippen molar-refractivity contribution in [1.82, 2.24) is 5.32 Å². The van der Waals surface area contributed by atoms with Crippen LogP contribution in [0.1, 0.15) is 65.7 Å². The van der Waals surface area contributed by atoms with Crippen molar-refractivity contribution < 1.29 is 9.90 Å². The molecule has 3 heteroatoms. The first-order valence-electron chi connectivity index (χ1n) is 9.31. The molecule has 3 aliphatic carbocycles. The molecular formula is C19H31NO2. The second-order valence-corrected chi connectivity index (χ2v) is 9.42. The molecule has 0 spiro atoms. The van der Waals surface area contributed by atoms with E-state index in [1.54, 1.807) is 0 Å². The van der Waals surface area contributed by atoms with Gasteiger partial charge in [-0.2, -0.15) is 0 Å². The van der Waals surface area contributed by atoms with Crippen LogP contribution in [0.3, 0.4) is 0 Å². The number of fused-ring (bicyclic) bond motifs is 5. The summed E-state index contributed by atoms with van der Waals surface area (Å²) in [6.07, 6.45) is 7.37. The third-order valence-corrected chi connectivity index (χ3v) is 8.21. The number of hydrogen-bond donors (Lipinski definition) is 2. The predicted molar refractivity (Wildman–Crippen MR) is 86.1 cm³/mol. The summed E-state index contributed by atoms with van der Waals surface area (Å²) in [5, 5.41) is 13.6. The van der Waals surface area contributed by atoms with E-state index in [-0.39, 0.29) is 17.4 Å². The van der Waals surface area contributed by atoms with Crippen LogP contribution in [0, 0.1) is 34.5 Å². The molecule has 8 atom stereocenters. The standard InChI is InChI=1S/C19H31NO2/c1-11-8-15-19(3,7-5-16(22)20-15)13-4-6-18(2)10-12(21)9-14(18)17(11)13/h11-15,17,21H,4-10H2,1-3H3,(H,20,22)/t11?,12?,13?,14?,15?,17?,18?,19-/m1/s1. The van der Waals surface area contributed by atoms with Crippen molar-refractivity contribution in [3.8, 4) is 0 Å². The molecular weight excluding hydrogens is 274 g/mol. The van der Waals surface area contributed by atoms with Gasteiger partial charge in [0.2, 0.25) is 5.91 Å². The van der Waals surface area contributed by atoms with Gasteiger partial charge in [-0.1, -0.05) is 20.8 Å². The van der Waals surface area contributed by atoms with Crippen molar-refractivity contribution in [3.63, 3.8) is 0 Å². The number of rotatable bonds is 0. The van der Waals surface area contributed by atoms with Gasteiger partial charge in [-0.05, 0) is 73.0 Å². The van der Waals surface area contributed by atoms with E-state index >= 15 is 0 Å². The monoisotopic (exact) mass is 305 g/mol. The Balaban J connectivity index is 1.68. The molecule has 1 heterocycles. The number of hydrogen-bond acceptors (Lipinski definition) is 2. The smallest absolute Gasteiger partial charge is 0.220 e. The highest BCUT2D eigenvalue weighted by Crippen LogP contribution is 2.65. The van der Waals surface area contributed by atoms with Gasteiger partial charge in [-0.15, -0.1) is 0 Å². The number of piperidine rings is 1. The van der Waals surface area contributed by atoms with Gasteiger partial charge in [0, 0.05) is 12.5 Å². The Labute approximate surface area is 134 Å². The second kappa shape index (κ2) is 4.72. The fraction of sp³-hybridized carbons (Fsp3) is 0.947. The van der Waals surface area contributed by atoms with Crippen molar-refractivity contribution in [2.24, 2.45) is 34.5 Å². The van der Waals surface area contributed by atoms with Gasteiger partial charge in [0.25, 0.3) is 0 Å². The van der Waals surface area contributed by atoms with Crippen LogP contribution in [0.15, 0.2) is 0 Å². The molecule has 4 aliphatic rings. The van der Waals surface area contributed by atoms with Crippen LogP contribution in [0.25, 0.3) is 0 Å². The van der Waals surface area contributed by atoms with E-state index in [0.717, 1.165) is 37.5 Å².